The van der Waals surface area contributed by atoms with Crippen molar-refractivity contribution in [1.29, 1.82) is 0 Å². The average molecular weight is 327 g/mol. The molecule has 2 aromatic rings. The molecule has 2 heterocycles. The molecule has 3 rings (SSSR count). The zero-order valence-electron chi connectivity index (χ0n) is 14.9. The van der Waals surface area contributed by atoms with Crippen molar-refractivity contribution in [3.8, 4) is 0 Å². The maximum atomic E-state index is 12.4. The molecule has 1 fully saturated rings. The van der Waals surface area contributed by atoms with E-state index in [2.05, 4.69) is 34.6 Å². The Kier molecular flexibility index (Phi) is 5.54. The molecule has 0 spiro atoms. The first-order chi connectivity index (χ1) is 11.7. The fourth-order valence-electron chi connectivity index (χ4n) is 3.81. The number of pyridine rings is 1. The van der Waals surface area contributed by atoms with E-state index in [1.165, 1.54) is 32.1 Å². The van der Waals surface area contributed by atoms with Crippen LogP contribution in [0.1, 0.15) is 63.3 Å². The lowest BCUT2D eigenvalue weighted by atomic mass is 9.79. The van der Waals surface area contributed by atoms with Gasteiger partial charge in [-0.1, -0.05) is 32.3 Å². The molecule has 4 heteroatoms. The van der Waals surface area contributed by atoms with E-state index in [1.807, 2.05) is 18.3 Å². The minimum Gasteiger partial charge on any atom is -0.350 e. The third-order valence-corrected chi connectivity index (χ3v) is 5.37. The van der Waals surface area contributed by atoms with Crippen LogP contribution in [0, 0.1) is 18.8 Å². The topological polar surface area (TPSA) is 46.4 Å². The number of unbranched alkanes of at least 4 members (excludes halogenated alkanes) is 1. The maximum absolute atomic E-state index is 12.4. The molecule has 4 nitrogen and oxygen atoms in total. The molecule has 24 heavy (non-hydrogen) atoms. The summed E-state index contributed by atoms with van der Waals surface area (Å²) in [6.07, 6.45) is 10.5. The van der Waals surface area contributed by atoms with E-state index >= 15 is 0 Å². The fourth-order valence-corrected chi connectivity index (χ4v) is 3.81. The Morgan fingerprint density at radius 3 is 2.79 bits per heavy atom. The zero-order valence-corrected chi connectivity index (χ0v) is 14.9. The van der Waals surface area contributed by atoms with Gasteiger partial charge in [-0.3, -0.25) is 4.79 Å². The standard InChI is InChI=1S/C20H29N3O/c1-3-4-7-16-9-11-17(12-10-16)20(24)21-13-18-14-23-15(2)6-5-8-19(23)22-18/h5-6,8,14,16-17H,3-4,7,9-13H2,1-2H3,(H,21,24). The third kappa shape index (κ3) is 3.97. The van der Waals surface area contributed by atoms with E-state index in [4.69, 9.17) is 0 Å². The number of amides is 1. The number of imidazole rings is 1. The molecule has 0 saturated heterocycles. The molecule has 1 saturated carbocycles. The normalized spacial score (nSPS) is 21.1. The second-order valence-corrected chi connectivity index (χ2v) is 7.21. The van der Waals surface area contributed by atoms with Gasteiger partial charge in [-0.15, -0.1) is 0 Å². The third-order valence-electron chi connectivity index (χ3n) is 5.37. The number of hydrogen-bond acceptors (Lipinski definition) is 2. The van der Waals surface area contributed by atoms with Gasteiger partial charge < -0.3 is 9.72 Å². The van der Waals surface area contributed by atoms with Crippen LogP contribution in [0.25, 0.3) is 5.65 Å². The Balaban J connectivity index is 1.49. The Labute approximate surface area is 144 Å². The van der Waals surface area contributed by atoms with Crippen LogP contribution in [0.3, 0.4) is 0 Å². The van der Waals surface area contributed by atoms with E-state index < -0.39 is 0 Å². The number of rotatable bonds is 6. The molecule has 0 aliphatic heterocycles. The van der Waals surface area contributed by atoms with Crippen molar-refractivity contribution in [2.24, 2.45) is 11.8 Å². The van der Waals surface area contributed by atoms with Crippen LogP contribution in [-0.2, 0) is 11.3 Å². The summed E-state index contributed by atoms with van der Waals surface area (Å²) in [5, 5.41) is 3.09. The predicted molar refractivity (Wildman–Crippen MR) is 96.7 cm³/mol. The Morgan fingerprint density at radius 2 is 2.08 bits per heavy atom. The highest BCUT2D eigenvalue weighted by molar-refractivity contribution is 5.78. The van der Waals surface area contributed by atoms with Crippen molar-refractivity contribution in [3.63, 3.8) is 0 Å². The van der Waals surface area contributed by atoms with Gasteiger partial charge in [0, 0.05) is 17.8 Å². The van der Waals surface area contributed by atoms with Gasteiger partial charge in [-0.05, 0) is 50.7 Å². The van der Waals surface area contributed by atoms with Gasteiger partial charge in [-0.2, -0.15) is 0 Å². The first-order valence-corrected chi connectivity index (χ1v) is 9.38. The van der Waals surface area contributed by atoms with Crippen LogP contribution in [-0.4, -0.2) is 15.3 Å². The number of nitrogens with zero attached hydrogens (tertiary/aromatic N) is 2. The first-order valence-electron chi connectivity index (χ1n) is 9.38. The molecule has 0 bridgehead atoms. The lowest BCUT2D eigenvalue weighted by molar-refractivity contribution is -0.126. The number of carbonyl (C=O) groups is 1. The second-order valence-electron chi connectivity index (χ2n) is 7.21. The molecular weight excluding hydrogens is 298 g/mol. The van der Waals surface area contributed by atoms with Crippen LogP contribution in [0.4, 0.5) is 0 Å². The molecule has 1 amide bonds. The molecule has 130 valence electrons. The van der Waals surface area contributed by atoms with Crippen LogP contribution in [0.15, 0.2) is 24.4 Å². The van der Waals surface area contributed by atoms with E-state index in [1.54, 1.807) is 0 Å². The molecule has 0 atom stereocenters. The number of aromatic nitrogens is 2. The Bertz CT molecular complexity index is 683. The van der Waals surface area contributed by atoms with Gasteiger partial charge in [0.05, 0.1) is 12.2 Å². The van der Waals surface area contributed by atoms with Crippen LogP contribution >= 0.6 is 0 Å². The quantitative estimate of drug-likeness (QED) is 0.862. The fraction of sp³-hybridized carbons (Fsp3) is 0.600. The predicted octanol–water partition coefficient (Wildman–Crippen LogP) is 4.26. The van der Waals surface area contributed by atoms with Crippen LogP contribution < -0.4 is 5.32 Å². The highest BCUT2D eigenvalue weighted by Crippen LogP contribution is 2.32. The molecule has 1 aliphatic carbocycles. The summed E-state index contributed by atoms with van der Waals surface area (Å²) in [5.74, 6) is 1.25. The minimum atomic E-state index is 0.196. The summed E-state index contributed by atoms with van der Waals surface area (Å²) in [6.45, 7) is 4.84. The van der Waals surface area contributed by atoms with Crippen molar-refractivity contribution in [2.45, 2.75) is 65.3 Å². The zero-order chi connectivity index (χ0) is 16.9. The van der Waals surface area contributed by atoms with Crippen molar-refractivity contribution in [3.05, 3.63) is 35.8 Å². The SMILES string of the molecule is CCCCC1CCC(C(=O)NCc2cn3c(C)cccc3n2)CC1. The largest absolute Gasteiger partial charge is 0.350 e. The van der Waals surface area contributed by atoms with E-state index in [9.17, 15) is 4.79 Å². The van der Waals surface area contributed by atoms with Crippen molar-refractivity contribution in [1.82, 2.24) is 14.7 Å². The van der Waals surface area contributed by atoms with Crippen LogP contribution in [0.5, 0.6) is 0 Å². The van der Waals surface area contributed by atoms with Crippen molar-refractivity contribution in [2.75, 3.05) is 0 Å². The van der Waals surface area contributed by atoms with E-state index in [-0.39, 0.29) is 11.8 Å². The van der Waals surface area contributed by atoms with Gasteiger partial charge in [0.25, 0.3) is 0 Å². The summed E-state index contributed by atoms with van der Waals surface area (Å²) in [5.41, 5.74) is 3.02. The van der Waals surface area contributed by atoms with E-state index in [0.29, 0.717) is 6.54 Å². The number of hydrogen-bond donors (Lipinski definition) is 1. The first kappa shape index (κ1) is 17.0. The van der Waals surface area contributed by atoms with Gasteiger partial charge in [0.2, 0.25) is 5.91 Å². The Morgan fingerprint density at radius 1 is 1.29 bits per heavy atom. The second kappa shape index (κ2) is 7.82. The average Bonchev–Trinajstić information content (AvgIpc) is 3.03. The molecule has 1 N–H and O–H groups in total. The number of nitrogens with one attached hydrogen (secondary N) is 1. The molecular formula is C20H29N3O. The molecule has 0 unspecified atom stereocenters. The summed E-state index contributed by atoms with van der Waals surface area (Å²) in [6, 6.07) is 6.07. The summed E-state index contributed by atoms with van der Waals surface area (Å²) in [4.78, 5) is 17.0. The molecule has 0 radical (unpaired) electrons. The molecule has 2 aromatic heterocycles. The van der Waals surface area contributed by atoms with Gasteiger partial charge in [-0.25, -0.2) is 4.98 Å². The summed E-state index contributed by atoms with van der Waals surface area (Å²) < 4.78 is 2.07. The summed E-state index contributed by atoms with van der Waals surface area (Å²) in [7, 11) is 0. The molecule has 1 aliphatic rings. The Hall–Kier alpha value is -1.84. The van der Waals surface area contributed by atoms with Gasteiger partial charge >= 0.3 is 0 Å². The van der Waals surface area contributed by atoms with Crippen molar-refractivity contribution >= 4 is 11.6 Å². The minimum absolute atomic E-state index is 0.196. The van der Waals surface area contributed by atoms with Crippen molar-refractivity contribution < 1.29 is 4.79 Å². The van der Waals surface area contributed by atoms with Gasteiger partial charge in [0.1, 0.15) is 5.65 Å². The molecule has 0 aromatic carbocycles. The number of aryl methyl sites for hydroxylation is 1. The monoisotopic (exact) mass is 327 g/mol. The van der Waals surface area contributed by atoms with Gasteiger partial charge in [0.15, 0.2) is 0 Å². The smallest absolute Gasteiger partial charge is 0.223 e. The van der Waals surface area contributed by atoms with Crippen LogP contribution in [0.2, 0.25) is 0 Å². The lowest BCUT2D eigenvalue weighted by Gasteiger charge is -2.27. The van der Waals surface area contributed by atoms with E-state index in [0.717, 1.165) is 35.8 Å². The highest BCUT2D eigenvalue weighted by atomic mass is 16.1. The highest BCUT2D eigenvalue weighted by Gasteiger charge is 2.25. The number of carbonyl (C=O) groups excluding carboxylic acids is 1. The maximum Gasteiger partial charge on any atom is 0.223 e. The lowest BCUT2D eigenvalue weighted by Crippen LogP contribution is -2.32. The summed E-state index contributed by atoms with van der Waals surface area (Å²) >= 11 is 0. The number of fused-ring (bicyclic) bond motifs is 1.